The summed E-state index contributed by atoms with van der Waals surface area (Å²) in [6.45, 7) is 0. The van der Waals surface area contributed by atoms with Crippen molar-refractivity contribution in [2.45, 2.75) is 0 Å². The lowest BCUT2D eigenvalue weighted by molar-refractivity contribution is 1.17. The van der Waals surface area contributed by atoms with Crippen LogP contribution in [0.4, 0.5) is 0 Å². The Balaban J connectivity index is 2.53. The third kappa shape index (κ3) is 1.84. The molecule has 0 aromatic carbocycles. The van der Waals surface area contributed by atoms with Crippen LogP contribution >= 0.6 is 23.2 Å². The molecule has 2 rings (SSSR count). The largest absolute Gasteiger partial charge is 0.244 e. The molecule has 0 aliphatic carbocycles. The average molecular weight is 226 g/mol. The summed E-state index contributed by atoms with van der Waals surface area (Å²) in [5.74, 6) is 0. The first-order valence-corrected chi connectivity index (χ1v) is 4.60. The summed E-state index contributed by atoms with van der Waals surface area (Å²) in [5, 5.41) is 0.725. The van der Waals surface area contributed by atoms with Crippen molar-refractivity contribution in [3.05, 3.63) is 41.2 Å². The molecule has 2 aromatic heterocycles. The van der Waals surface area contributed by atoms with Gasteiger partial charge in [0.05, 0.1) is 0 Å². The molecular weight excluding hydrogens is 221 g/mol. The van der Waals surface area contributed by atoms with E-state index in [2.05, 4.69) is 15.0 Å². The summed E-state index contributed by atoms with van der Waals surface area (Å²) in [6, 6.07) is 3.46. The fourth-order valence-electron chi connectivity index (χ4n) is 1.07. The number of hydrogen-bond acceptors (Lipinski definition) is 3. The molecule has 2 heterocycles. The van der Waals surface area contributed by atoms with Crippen LogP contribution in [0.25, 0.3) is 11.1 Å². The summed E-state index contributed by atoms with van der Waals surface area (Å²) >= 11 is 11.6. The van der Waals surface area contributed by atoms with Gasteiger partial charge in [0.2, 0.25) is 0 Å². The second kappa shape index (κ2) is 3.90. The van der Waals surface area contributed by atoms with E-state index >= 15 is 0 Å². The Bertz CT molecular complexity index is 445. The molecule has 0 spiro atoms. The number of halogens is 2. The quantitative estimate of drug-likeness (QED) is 0.701. The Kier molecular flexibility index (Phi) is 2.61. The highest BCUT2D eigenvalue weighted by Crippen LogP contribution is 2.26. The predicted octanol–water partition coefficient (Wildman–Crippen LogP) is 2.85. The van der Waals surface area contributed by atoms with E-state index in [4.69, 9.17) is 23.2 Å². The van der Waals surface area contributed by atoms with Gasteiger partial charge in [-0.2, -0.15) is 0 Å². The second-order valence-corrected chi connectivity index (χ2v) is 3.34. The van der Waals surface area contributed by atoms with Crippen LogP contribution in [-0.2, 0) is 0 Å². The summed E-state index contributed by atoms with van der Waals surface area (Å²) in [4.78, 5) is 11.7. The zero-order valence-electron chi connectivity index (χ0n) is 6.98. The van der Waals surface area contributed by atoms with Crippen molar-refractivity contribution in [2.24, 2.45) is 0 Å². The van der Waals surface area contributed by atoms with Crippen LogP contribution in [0.2, 0.25) is 10.3 Å². The zero-order valence-corrected chi connectivity index (χ0v) is 8.50. The maximum atomic E-state index is 5.91. The highest BCUT2D eigenvalue weighted by Gasteiger charge is 2.05. The molecule has 0 aliphatic rings. The van der Waals surface area contributed by atoms with E-state index in [1.54, 1.807) is 24.5 Å². The first-order valence-electron chi connectivity index (χ1n) is 3.85. The van der Waals surface area contributed by atoms with E-state index in [0.717, 1.165) is 11.1 Å². The highest BCUT2D eigenvalue weighted by atomic mass is 35.5. The van der Waals surface area contributed by atoms with Crippen LogP contribution in [0.5, 0.6) is 0 Å². The molecule has 0 atom stereocenters. The van der Waals surface area contributed by atoms with Crippen molar-refractivity contribution in [1.29, 1.82) is 0 Å². The Labute approximate surface area is 90.8 Å². The van der Waals surface area contributed by atoms with E-state index < -0.39 is 0 Å². The topological polar surface area (TPSA) is 38.7 Å². The molecule has 0 radical (unpaired) electrons. The molecule has 0 saturated carbocycles. The lowest BCUT2D eigenvalue weighted by atomic mass is 10.2. The predicted molar refractivity (Wildman–Crippen MR) is 55.3 cm³/mol. The van der Waals surface area contributed by atoms with Crippen molar-refractivity contribution in [3.8, 4) is 11.1 Å². The molecule has 0 unspecified atom stereocenters. The van der Waals surface area contributed by atoms with Gasteiger partial charge in [-0.1, -0.05) is 23.2 Å². The summed E-state index contributed by atoms with van der Waals surface area (Å²) < 4.78 is 0. The van der Waals surface area contributed by atoms with Crippen LogP contribution in [0.3, 0.4) is 0 Å². The second-order valence-electron chi connectivity index (χ2n) is 2.60. The third-order valence-corrected chi connectivity index (χ3v) is 2.18. The summed E-state index contributed by atoms with van der Waals surface area (Å²) in [5.41, 5.74) is 1.60. The van der Waals surface area contributed by atoms with Gasteiger partial charge in [0, 0.05) is 23.5 Å². The van der Waals surface area contributed by atoms with Gasteiger partial charge in [-0.25, -0.2) is 15.0 Å². The minimum absolute atomic E-state index is 0.354. The molecular formula is C9H5Cl2N3. The van der Waals surface area contributed by atoms with E-state index in [-0.39, 0.29) is 0 Å². The molecule has 0 saturated heterocycles. The van der Waals surface area contributed by atoms with Crippen LogP contribution < -0.4 is 0 Å². The van der Waals surface area contributed by atoms with Crippen LogP contribution in [0, 0.1) is 0 Å². The van der Waals surface area contributed by atoms with Crippen LogP contribution in [0.15, 0.2) is 30.9 Å². The number of rotatable bonds is 1. The Morgan fingerprint density at radius 3 is 2.36 bits per heavy atom. The van der Waals surface area contributed by atoms with Crippen molar-refractivity contribution >= 4 is 23.2 Å². The summed E-state index contributed by atoms with van der Waals surface area (Å²) in [6.07, 6.45) is 4.80. The fraction of sp³-hybridized carbons (Fsp3) is 0. The van der Waals surface area contributed by atoms with E-state index in [1.807, 2.05) is 0 Å². The lowest BCUT2D eigenvalue weighted by Gasteiger charge is -2.01. The van der Waals surface area contributed by atoms with Gasteiger partial charge in [0.1, 0.15) is 16.6 Å². The highest BCUT2D eigenvalue weighted by molar-refractivity contribution is 6.34. The Morgan fingerprint density at radius 2 is 1.71 bits per heavy atom. The van der Waals surface area contributed by atoms with Crippen molar-refractivity contribution < 1.29 is 0 Å². The van der Waals surface area contributed by atoms with Crippen LogP contribution in [-0.4, -0.2) is 15.0 Å². The lowest BCUT2D eigenvalue weighted by Crippen LogP contribution is -1.86. The maximum absolute atomic E-state index is 5.91. The standard InChI is InChI=1S/C9H5Cl2N3/c10-8-2-1-7(9(11)14-8)6-3-12-5-13-4-6/h1-5H. The van der Waals surface area contributed by atoms with Gasteiger partial charge in [0.25, 0.3) is 0 Å². The zero-order chi connectivity index (χ0) is 9.97. The smallest absolute Gasteiger partial charge is 0.138 e. The molecule has 3 nitrogen and oxygen atoms in total. The SMILES string of the molecule is Clc1ccc(-c2cncnc2)c(Cl)n1. The van der Waals surface area contributed by atoms with Crippen LogP contribution in [0.1, 0.15) is 0 Å². The van der Waals surface area contributed by atoms with Crippen molar-refractivity contribution in [1.82, 2.24) is 15.0 Å². The van der Waals surface area contributed by atoms with Crippen molar-refractivity contribution in [2.75, 3.05) is 0 Å². The molecule has 0 N–H and O–H groups in total. The number of hydrogen-bond donors (Lipinski definition) is 0. The minimum atomic E-state index is 0.354. The third-order valence-electron chi connectivity index (χ3n) is 1.69. The number of nitrogens with zero attached hydrogens (tertiary/aromatic N) is 3. The maximum Gasteiger partial charge on any atom is 0.138 e. The number of aromatic nitrogens is 3. The Morgan fingerprint density at radius 1 is 1.00 bits per heavy atom. The molecule has 0 aliphatic heterocycles. The number of pyridine rings is 1. The van der Waals surface area contributed by atoms with Gasteiger partial charge in [-0.3, -0.25) is 0 Å². The monoisotopic (exact) mass is 225 g/mol. The molecule has 0 bridgehead atoms. The first-order chi connectivity index (χ1) is 6.77. The van der Waals surface area contributed by atoms with E-state index in [1.165, 1.54) is 6.33 Å². The van der Waals surface area contributed by atoms with Gasteiger partial charge in [-0.15, -0.1) is 0 Å². The Hall–Kier alpha value is -1.19. The molecule has 2 aromatic rings. The molecule has 70 valence electrons. The minimum Gasteiger partial charge on any atom is -0.244 e. The summed E-state index contributed by atoms with van der Waals surface area (Å²) in [7, 11) is 0. The molecule has 14 heavy (non-hydrogen) atoms. The van der Waals surface area contributed by atoms with E-state index in [9.17, 15) is 0 Å². The normalized spacial score (nSPS) is 10.1. The van der Waals surface area contributed by atoms with Gasteiger partial charge >= 0.3 is 0 Å². The van der Waals surface area contributed by atoms with Gasteiger partial charge in [0.15, 0.2) is 0 Å². The molecule has 5 heteroatoms. The molecule has 0 fully saturated rings. The fourth-order valence-corrected chi connectivity index (χ4v) is 1.52. The van der Waals surface area contributed by atoms with Crippen molar-refractivity contribution in [3.63, 3.8) is 0 Å². The first kappa shape index (κ1) is 9.37. The van der Waals surface area contributed by atoms with E-state index in [0.29, 0.717) is 10.3 Å². The molecule has 0 amide bonds. The van der Waals surface area contributed by atoms with Gasteiger partial charge < -0.3 is 0 Å². The average Bonchev–Trinajstić information content (AvgIpc) is 2.19. The van der Waals surface area contributed by atoms with Gasteiger partial charge in [-0.05, 0) is 12.1 Å².